The first-order valence-electron chi connectivity index (χ1n) is 9.72. The predicted molar refractivity (Wildman–Crippen MR) is 114 cm³/mol. The molecule has 1 amide bonds. The molecule has 0 bridgehead atoms. The quantitative estimate of drug-likeness (QED) is 0.540. The Hall–Kier alpha value is -3.57. The topological polar surface area (TPSA) is 83.5 Å². The number of benzene rings is 3. The monoisotopic (exact) mass is 401 g/mol. The number of carbonyl (C=O) groups is 3. The van der Waals surface area contributed by atoms with Gasteiger partial charge in [-0.3, -0.25) is 14.4 Å². The van der Waals surface area contributed by atoms with Crippen LogP contribution in [0.2, 0.25) is 0 Å². The number of hydrogen-bond donors (Lipinski definition) is 2. The van der Waals surface area contributed by atoms with E-state index in [0.29, 0.717) is 17.5 Å². The van der Waals surface area contributed by atoms with Gasteiger partial charge in [0.2, 0.25) is 0 Å². The second-order valence-electron chi connectivity index (χ2n) is 7.00. The summed E-state index contributed by atoms with van der Waals surface area (Å²) in [6.45, 7) is -0.553. The summed E-state index contributed by atoms with van der Waals surface area (Å²) in [5.41, 5.74) is 2.58. The molecule has 0 aliphatic carbocycles. The summed E-state index contributed by atoms with van der Waals surface area (Å²) < 4.78 is 0. The first-order valence-corrected chi connectivity index (χ1v) is 9.72. The van der Waals surface area contributed by atoms with Gasteiger partial charge in [-0.15, -0.1) is 0 Å². The lowest BCUT2D eigenvalue weighted by Gasteiger charge is -2.18. The van der Waals surface area contributed by atoms with Gasteiger partial charge in [-0.1, -0.05) is 72.8 Å². The molecule has 2 N–H and O–H groups in total. The molecule has 3 aromatic carbocycles. The molecule has 5 nitrogen and oxygen atoms in total. The number of aliphatic hydroxyl groups is 1. The van der Waals surface area contributed by atoms with Crippen LogP contribution in [0.3, 0.4) is 0 Å². The van der Waals surface area contributed by atoms with Gasteiger partial charge in [-0.2, -0.15) is 0 Å². The maximum atomic E-state index is 13.0. The van der Waals surface area contributed by atoms with Gasteiger partial charge in [-0.05, 0) is 29.7 Å². The molecule has 5 heteroatoms. The summed E-state index contributed by atoms with van der Waals surface area (Å²) in [7, 11) is 0. The van der Waals surface area contributed by atoms with Crippen molar-refractivity contribution in [2.45, 2.75) is 18.9 Å². The summed E-state index contributed by atoms with van der Waals surface area (Å²) >= 11 is 0. The van der Waals surface area contributed by atoms with Crippen molar-refractivity contribution < 1.29 is 19.5 Å². The van der Waals surface area contributed by atoms with Crippen molar-refractivity contribution in [3.63, 3.8) is 0 Å². The summed E-state index contributed by atoms with van der Waals surface area (Å²) in [4.78, 5) is 37.2. The zero-order valence-corrected chi connectivity index (χ0v) is 16.5. The predicted octanol–water partition coefficient (Wildman–Crippen LogP) is 3.01. The Morgan fingerprint density at radius 2 is 1.33 bits per heavy atom. The van der Waals surface area contributed by atoms with Gasteiger partial charge in [-0.25, -0.2) is 0 Å². The zero-order chi connectivity index (χ0) is 21.3. The van der Waals surface area contributed by atoms with E-state index in [0.717, 1.165) is 11.1 Å². The van der Waals surface area contributed by atoms with Gasteiger partial charge >= 0.3 is 0 Å². The van der Waals surface area contributed by atoms with Gasteiger partial charge < -0.3 is 10.4 Å². The average Bonchev–Trinajstić information content (AvgIpc) is 2.79. The molecule has 0 saturated heterocycles. The molecule has 0 aliphatic rings. The lowest BCUT2D eigenvalue weighted by molar-refractivity contribution is -0.120. The number of carbonyl (C=O) groups excluding carboxylic acids is 3. The molecular formula is C25H23NO4. The fourth-order valence-electron chi connectivity index (χ4n) is 3.15. The molecular weight excluding hydrogens is 378 g/mol. The van der Waals surface area contributed by atoms with Crippen LogP contribution in [0.15, 0.2) is 84.9 Å². The van der Waals surface area contributed by atoms with E-state index in [9.17, 15) is 14.4 Å². The highest BCUT2D eigenvalue weighted by Crippen LogP contribution is 2.11. The Balaban J connectivity index is 1.75. The van der Waals surface area contributed by atoms with E-state index in [4.69, 9.17) is 5.11 Å². The molecule has 1 atom stereocenters. The minimum absolute atomic E-state index is 0.121. The SMILES string of the molecule is O=C(CO)c1ccc(CC(=O)[C@H](Cc2ccccc2)NC(=O)c2ccccc2)cc1. The molecule has 3 aromatic rings. The van der Waals surface area contributed by atoms with Gasteiger partial charge in [0.15, 0.2) is 11.6 Å². The van der Waals surface area contributed by atoms with E-state index in [1.54, 1.807) is 48.5 Å². The summed E-state index contributed by atoms with van der Waals surface area (Å²) in [5.74, 6) is -0.789. The highest BCUT2D eigenvalue weighted by molar-refractivity contribution is 5.99. The van der Waals surface area contributed by atoms with Crippen LogP contribution in [0, 0.1) is 0 Å². The Morgan fingerprint density at radius 1 is 0.733 bits per heavy atom. The summed E-state index contributed by atoms with van der Waals surface area (Å²) in [5, 5.41) is 11.8. The molecule has 3 rings (SSSR count). The maximum absolute atomic E-state index is 13.0. The van der Waals surface area contributed by atoms with E-state index in [1.807, 2.05) is 36.4 Å². The fourth-order valence-corrected chi connectivity index (χ4v) is 3.15. The first kappa shape index (κ1) is 21.1. The Morgan fingerprint density at radius 3 is 1.93 bits per heavy atom. The van der Waals surface area contributed by atoms with E-state index in [2.05, 4.69) is 5.32 Å². The van der Waals surface area contributed by atoms with Gasteiger partial charge in [0, 0.05) is 17.5 Å². The fraction of sp³-hybridized carbons (Fsp3) is 0.160. The van der Waals surface area contributed by atoms with Gasteiger partial charge in [0.05, 0.1) is 6.04 Å². The van der Waals surface area contributed by atoms with Crippen molar-refractivity contribution in [3.05, 3.63) is 107 Å². The van der Waals surface area contributed by atoms with E-state index < -0.39 is 12.6 Å². The van der Waals surface area contributed by atoms with Crippen LogP contribution in [0.4, 0.5) is 0 Å². The number of Topliss-reactive ketones (excluding diaryl/α,β-unsaturated/α-hetero) is 2. The second kappa shape index (κ2) is 10.3. The lowest BCUT2D eigenvalue weighted by atomic mass is 9.96. The van der Waals surface area contributed by atoms with Crippen LogP contribution in [0.25, 0.3) is 0 Å². The molecule has 0 unspecified atom stereocenters. The third-order valence-corrected chi connectivity index (χ3v) is 4.81. The number of hydrogen-bond acceptors (Lipinski definition) is 4. The standard InChI is InChI=1S/C25H23NO4/c27-17-24(29)20-13-11-19(12-14-20)16-23(28)22(15-18-7-3-1-4-8-18)26-25(30)21-9-5-2-6-10-21/h1-14,22,27H,15-17H2,(H,26,30)/t22-/m0/s1. The van der Waals surface area contributed by atoms with Crippen LogP contribution in [0.5, 0.6) is 0 Å². The van der Waals surface area contributed by atoms with Crippen LogP contribution in [0.1, 0.15) is 31.8 Å². The van der Waals surface area contributed by atoms with Crippen molar-refractivity contribution in [1.29, 1.82) is 0 Å². The van der Waals surface area contributed by atoms with E-state index in [-0.39, 0.29) is 23.9 Å². The number of amides is 1. The molecule has 0 radical (unpaired) electrons. The van der Waals surface area contributed by atoms with Crippen LogP contribution in [-0.4, -0.2) is 35.2 Å². The van der Waals surface area contributed by atoms with Crippen molar-refractivity contribution in [2.24, 2.45) is 0 Å². The second-order valence-corrected chi connectivity index (χ2v) is 7.00. The number of ketones is 2. The van der Waals surface area contributed by atoms with Crippen molar-refractivity contribution in [3.8, 4) is 0 Å². The largest absolute Gasteiger partial charge is 0.388 e. The number of aliphatic hydroxyl groups excluding tert-OH is 1. The third kappa shape index (κ3) is 5.72. The van der Waals surface area contributed by atoms with E-state index in [1.165, 1.54) is 0 Å². The van der Waals surface area contributed by atoms with Gasteiger partial charge in [0.1, 0.15) is 6.61 Å². The van der Waals surface area contributed by atoms with Crippen molar-refractivity contribution in [1.82, 2.24) is 5.32 Å². The minimum Gasteiger partial charge on any atom is -0.388 e. The number of rotatable bonds is 9. The molecule has 30 heavy (non-hydrogen) atoms. The molecule has 0 aromatic heterocycles. The Kier molecular flexibility index (Phi) is 7.24. The number of nitrogens with one attached hydrogen (secondary N) is 1. The minimum atomic E-state index is -0.682. The van der Waals surface area contributed by atoms with Crippen LogP contribution < -0.4 is 5.32 Å². The van der Waals surface area contributed by atoms with Crippen molar-refractivity contribution in [2.75, 3.05) is 6.61 Å². The highest BCUT2D eigenvalue weighted by Gasteiger charge is 2.22. The summed E-state index contributed by atoms with van der Waals surface area (Å²) in [6, 6.07) is 24.2. The molecule has 152 valence electrons. The van der Waals surface area contributed by atoms with Crippen LogP contribution in [-0.2, 0) is 17.6 Å². The first-order chi connectivity index (χ1) is 14.6. The maximum Gasteiger partial charge on any atom is 0.251 e. The van der Waals surface area contributed by atoms with Crippen LogP contribution >= 0.6 is 0 Å². The van der Waals surface area contributed by atoms with E-state index >= 15 is 0 Å². The molecule has 0 heterocycles. The molecule has 0 fully saturated rings. The third-order valence-electron chi connectivity index (χ3n) is 4.81. The zero-order valence-electron chi connectivity index (χ0n) is 16.5. The highest BCUT2D eigenvalue weighted by atomic mass is 16.3. The van der Waals surface area contributed by atoms with Crippen molar-refractivity contribution >= 4 is 17.5 Å². The normalized spacial score (nSPS) is 11.5. The molecule has 0 aliphatic heterocycles. The molecule has 0 saturated carbocycles. The Labute approximate surface area is 175 Å². The molecule has 0 spiro atoms. The smallest absolute Gasteiger partial charge is 0.251 e. The average molecular weight is 401 g/mol. The van der Waals surface area contributed by atoms with Gasteiger partial charge in [0.25, 0.3) is 5.91 Å². The lowest BCUT2D eigenvalue weighted by Crippen LogP contribution is -2.43. The summed E-state index contributed by atoms with van der Waals surface area (Å²) in [6.07, 6.45) is 0.513. The Bertz CT molecular complexity index is 998.